The van der Waals surface area contributed by atoms with Crippen molar-refractivity contribution in [2.45, 2.75) is 58.6 Å². The van der Waals surface area contributed by atoms with E-state index in [4.69, 9.17) is 9.73 Å². The van der Waals surface area contributed by atoms with Crippen LogP contribution in [0.15, 0.2) is 52.4 Å². The number of hydrogen-bond acceptors (Lipinski definition) is 4. The molecule has 0 aliphatic carbocycles. The Morgan fingerprint density at radius 1 is 1.03 bits per heavy atom. The molecule has 156 valence electrons. The van der Waals surface area contributed by atoms with Crippen LogP contribution in [0.2, 0.25) is 0 Å². The summed E-state index contributed by atoms with van der Waals surface area (Å²) in [4.78, 5) is 6.72. The van der Waals surface area contributed by atoms with E-state index in [2.05, 4.69) is 71.9 Å². The van der Waals surface area contributed by atoms with Crippen LogP contribution < -0.4 is 4.74 Å². The van der Waals surface area contributed by atoms with Gasteiger partial charge in [-0.05, 0) is 23.0 Å². The first-order chi connectivity index (χ1) is 13.5. The number of rotatable bonds is 3. The maximum atomic E-state index is 9.85. The van der Waals surface area contributed by atoms with Crippen LogP contribution in [0.5, 0.6) is 5.75 Å². The fraction of sp³-hybridized carbons (Fsp3) is 0.480. The van der Waals surface area contributed by atoms with Crippen molar-refractivity contribution in [3.05, 3.63) is 59.2 Å². The standard InChI is InChI=1S/C25H33NO2S/c1-23(2,3)25(24(4,5)6)16-29-21-13-18(15-27)20(28-7)14-19(21)22(26-25)17-11-9-8-10-12-17/h8-14,27H,15-16H2,1-7H3. The van der Waals surface area contributed by atoms with Crippen LogP contribution in [-0.4, -0.2) is 29.2 Å². The van der Waals surface area contributed by atoms with Crippen LogP contribution in [0.4, 0.5) is 0 Å². The number of fused-ring (bicyclic) bond motifs is 1. The van der Waals surface area contributed by atoms with Gasteiger partial charge in [-0.25, -0.2) is 0 Å². The number of thioether (sulfide) groups is 1. The Bertz CT molecular complexity index is 891. The van der Waals surface area contributed by atoms with Crippen LogP contribution in [0, 0.1) is 10.8 Å². The Balaban J connectivity index is 2.37. The molecule has 0 saturated carbocycles. The lowest BCUT2D eigenvalue weighted by atomic mass is 9.61. The Labute approximate surface area is 179 Å². The minimum Gasteiger partial charge on any atom is -0.496 e. The summed E-state index contributed by atoms with van der Waals surface area (Å²) in [7, 11) is 1.65. The van der Waals surface area contributed by atoms with Gasteiger partial charge in [0, 0.05) is 27.3 Å². The Morgan fingerprint density at radius 2 is 1.66 bits per heavy atom. The summed E-state index contributed by atoms with van der Waals surface area (Å²) in [6.45, 7) is 13.7. The van der Waals surface area contributed by atoms with Crippen LogP contribution in [0.1, 0.15) is 58.2 Å². The highest BCUT2D eigenvalue weighted by atomic mass is 32.2. The zero-order valence-corrected chi connectivity index (χ0v) is 19.5. The van der Waals surface area contributed by atoms with E-state index in [1.807, 2.05) is 23.9 Å². The predicted molar refractivity (Wildman–Crippen MR) is 123 cm³/mol. The fourth-order valence-electron chi connectivity index (χ4n) is 4.40. The van der Waals surface area contributed by atoms with Crippen LogP contribution in [0.25, 0.3) is 0 Å². The first kappa shape index (κ1) is 21.9. The van der Waals surface area contributed by atoms with Gasteiger partial charge in [0.2, 0.25) is 0 Å². The third-order valence-corrected chi connectivity index (χ3v) is 7.29. The van der Waals surface area contributed by atoms with E-state index in [1.54, 1.807) is 7.11 Å². The van der Waals surface area contributed by atoms with Crippen LogP contribution in [0.3, 0.4) is 0 Å². The van der Waals surface area contributed by atoms with E-state index < -0.39 is 0 Å². The molecule has 3 nitrogen and oxygen atoms in total. The SMILES string of the molecule is COc1cc2c(cc1CO)SCC(C(C)(C)C)(C(C)(C)C)N=C2c1ccccc1. The van der Waals surface area contributed by atoms with Crippen molar-refractivity contribution in [2.75, 3.05) is 12.9 Å². The Morgan fingerprint density at radius 3 is 2.17 bits per heavy atom. The molecule has 0 unspecified atom stereocenters. The van der Waals surface area contributed by atoms with Gasteiger partial charge in [-0.1, -0.05) is 71.9 Å². The van der Waals surface area contributed by atoms with E-state index in [-0.39, 0.29) is 23.0 Å². The third kappa shape index (κ3) is 3.85. The van der Waals surface area contributed by atoms with E-state index in [1.165, 1.54) is 0 Å². The summed E-state index contributed by atoms with van der Waals surface area (Å²) in [5.41, 5.74) is 3.64. The second kappa shape index (κ2) is 7.81. The molecule has 0 aromatic heterocycles. The number of ether oxygens (including phenoxy) is 1. The molecule has 29 heavy (non-hydrogen) atoms. The third-order valence-electron chi connectivity index (χ3n) is 6.08. The molecule has 3 rings (SSSR count). The van der Waals surface area contributed by atoms with Gasteiger partial charge in [0.1, 0.15) is 5.75 Å². The number of aliphatic imine (C=N–C) groups is 1. The number of aliphatic hydroxyl groups is 1. The molecule has 0 bridgehead atoms. The predicted octanol–water partition coefficient (Wildman–Crippen LogP) is 5.96. The summed E-state index contributed by atoms with van der Waals surface area (Å²) in [6, 6.07) is 14.5. The van der Waals surface area contributed by atoms with Gasteiger partial charge >= 0.3 is 0 Å². The minimum absolute atomic E-state index is 0.0375. The van der Waals surface area contributed by atoms with E-state index >= 15 is 0 Å². The normalized spacial score (nSPS) is 16.6. The summed E-state index contributed by atoms with van der Waals surface area (Å²) in [5, 5.41) is 9.85. The molecule has 0 spiro atoms. The van der Waals surface area contributed by atoms with Gasteiger partial charge in [0.25, 0.3) is 0 Å². The highest BCUT2D eigenvalue weighted by Gasteiger charge is 2.52. The highest BCUT2D eigenvalue weighted by molar-refractivity contribution is 7.99. The van der Waals surface area contributed by atoms with Gasteiger partial charge in [0.15, 0.2) is 0 Å². The van der Waals surface area contributed by atoms with E-state index in [9.17, 15) is 5.11 Å². The Hall–Kier alpha value is -1.78. The first-order valence-corrected chi connectivity index (χ1v) is 11.1. The lowest BCUT2D eigenvalue weighted by Gasteiger charge is -2.50. The number of benzene rings is 2. The fourth-order valence-corrected chi connectivity index (χ4v) is 6.23. The molecule has 1 aliphatic rings. The van der Waals surface area contributed by atoms with E-state index in [0.717, 1.165) is 33.1 Å². The van der Waals surface area contributed by atoms with Gasteiger partial charge in [-0.2, -0.15) is 0 Å². The molecule has 0 radical (unpaired) electrons. The molecule has 1 heterocycles. The van der Waals surface area contributed by atoms with Gasteiger partial charge in [0.05, 0.1) is 25.0 Å². The molecule has 0 saturated heterocycles. The zero-order valence-electron chi connectivity index (χ0n) is 18.7. The second-order valence-electron chi connectivity index (χ2n) is 9.79. The number of methoxy groups -OCH3 is 1. The second-order valence-corrected chi connectivity index (χ2v) is 10.8. The lowest BCUT2D eigenvalue weighted by molar-refractivity contribution is 0.0854. The van der Waals surface area contributed by atoms with Crippen molar-refractivity contribution in [1.82, 2.24) is 0 Å². The van der Waals surface area contributed by atoms with Crippen molar-refractivity contribution >= 4 is 17.5 Å². The van der Waals surface area contributed by atoms with E-state index in [0.29, 0.717) is 5.75 Å². The smallest absolute Gasteiger partial charge is 0.125 e. The molecule has 1 N–H and O–H groups in total. The van der Waals surface area contributed by atoms with Crippen LogP contribution in [-0.2, 0) is 6.61 Å². The summed E-state index contributed by atoms with van der Waals surface area (Å²) in [6.07, 6.45) is 0. The summed E-state index contributed by atoms with van der Waals surface area (Å²) >= 11 is 1.84. The highest BCUT2D eigenvalue weighted by Crippen LogP contribution is 2.52. The van der Waals surface area contributed by atoms with Gasteiger partial charge in [-0.15, -0.1) is 11.8 Å². The summed E-state index contributed by atoms with van der Waals surface area (Å²) in [5.74, 6) is 1.58. The first-order valence-electron chi connectivity index (χ1n) is 10.1. The van der Waals surface area contributed by atoms with Crippen molar-refractivity contribution in [2.24, 2.45) is 15.8 Å². The monoisotopic (exact) mass is 411 g/mol. The summed E-state index contributed by atoms with van der Waals surface area (Å²) < 4.78 is 5.59. The molecule has 2 aromatic carbocycles. The molecule has 0 fully saturated rings. The molecule has 0 atom stereocenters. The average molecular weight is 412 g/mol. The van der Waals surface area contributed by atoms with Gasteiger partial charge in [-0.3, -0.25) is 4.99 Å². The number of hydrogen-bond donors (Lipinski definition) is 1. The maximum absolute atomic E-state index is 9.85. The number of aliphatic hydroxyl groups excluding tert-OH is 1. The molecule has 2 aromatic rings. The molecule has 1 aliphatic heterocycles. The molecule has 0 amide bonds. The Kier molecular flexibility index (Phi) is 5.90. The van der Waals surface area contributed by atoms with Crippen molar-refractivity contribution in [3.63, 3.8) is 0 Å². The quantitative estimate of drug-likeness (QED) is 0.677. The van der Waals surface area contributed by atoms with Crippen molar-refractivity contribution < 1.29 is 9.84 Å². The average Bonchev–Trinajstić information content (AvgIpc) is 2.84. The topological polar surface area (TPSA) is 41.8 Å². The molecule has 4 heteroatoms. The molecular weight excluding hydrogens is 378 g/mol. The zero-order chi connectivity index (χ0) is 21.4. The van der Waals surface area contributed by atoms with Crippen LogP contribution >= 0.6 is 11.8 Å². The van der Waals surface area contributed by atoms with Crippen molar-refractivity contribution in [1.29, 1.82) is 0 Å². The van der Waals surface area contributed by atoms with Crippen molar-refractivity contribution in [3.8, 4) is 5.75 Å². The minimum atomic E-state index is -0.276. The van der Waals surface area contributed by atoms with Gasteiger partial charge < -0.3 is 9.84 Å². The maximum Gasteiger partial charge on any atom is 0.125 e. The molecular formula is C25H33NO2S. The number of nitrogens with zero attached hydrogens (tertiary/aromatic N) is 1. The lowest BCUT2D eigenvalue weighted by Crippen LogP contribution is -2.54. The largest absolute Gasteiger partial charge is 0.496 e.